The first kappa shape index (κ1) is 18.0. The van der Waals surface area contributed by atoms with Gasteiger partial charge in [-0.3, -0.25) is 0 Å². The Morgan fingerprint density at radius 3 is 2.61 bits per heavy atom. The number of nitriles is 1. The first-order valence-corrected chi connectivity index (χ1v) is 9.56. The van der Waals surface area contributed by atoms with Crippen LogP contribution < -0.4 is 0 Å². The minimum absolute atomic E-state index is 0.695. The molecule has 1 aromatic carbocycles. The molecule has 0 aliphatic heterocycles. The number of imidazole rings is 1. The predicted octanol–water partition coefficient (Wildman–Crippen LogP) is 4.62. The molecule has 0 spiro atoms. The lowest BCUT2D eigenvalue weighted by Gasteiger charge is -2.09. The van der Waals surface area contributed by atoms with Crippen molar-refractivity contribution >= 4 is 11.2 Å². The van der Waals surface area contributed by atoms with Crippen LogP contribution in [0, 0.1) is 18.3 Å². The van der Waals surface area contributed by atoms with E-state index in [9.17, 15) is 5.26 Å². The third-order valence-corrected chi connectivity index (χ3v) is 5.07. The smallest absolute Gasteiger partial charge is 0.160 e. The number of pyridine rings is 1. The van der Waals surface area contributed by atoms with E-state index in [2.05, 4.69) is 53.7 Å². The lowest BCUT2D eigenvalue weighted by Crippen LogP contribution is -2.06. The van der Waals surface area contributed by atoms with E-state index in [1.54, 1.807) is 0 Å². The van der Waals surface area contributed by atoms with Gasteiger partial charge in [0.05, 0.1) is 12.1 Å². The highest BCUT2D eigenvalue weighted by atomic mass is 15.1. The molecule has 0 N–H and O–H groups in total. The molecule has 0 saturated carbocycles. The van der Waals surface area contributed by atoms with E-state index < -0.39 is 0 Å². The zero-order valence-electron chi connectivity index (χ0n) is 16.5. The fraction of sp³-hybridized carbons (Fsp3) is 0.261. The number of nitrogens with zero attached hydrogens (tertiary/aromatic N) is 5. The van der Waals surface area contributed by atoms with Gasteiger partial charge in [0.15, 0.2) is 5.65 Å². The minimum atomic E-state index is 0.695. The van der Waals surface area contributed by atoms with Crippen LogP contribution in [0.1, 0.15) is 35.9 Å². The second kappa shape index (κ2) is 7.32. The third-order valence-electron chi connectivity index (χ3n) is 5.07. The van der Waals surface area contributed by atoms with Gasteiger partial charge >= 0.3 is 0 Å². The summed E-state index contributed by atoms with van der Waals surface area (Å²) in [6.07, 6.45) is 7.68. The van der Waals surface area contributed by atoms with Crippen molar-refractivity contribution in [2.24, 2.45) is 7.05 Å². The molecule has 0 radical (unpaired) electrons. The fourth-order valence-electron chi connectivity index (χ4n) is 3.64. The van der Waals surface area contributed by atoms with E-state index in [-0.39, 0.29) is 0 Å². The van der Waals surface area contributed by atoms with Crippen LogP contribution in [0.15, 0.2) is 48.9 Å². The Bertz CT molecular complexity index is 1170. The molecule has 3 heterocycles. The summed E-state index contributed by atoms with van der Waals surface area (Å²) in [7, 11) is 1.94. The number of hydrogen-bond donors (Lipinski definition) is 0. The zero-order valence-corrected chi connectivity index (χ0v) is 16.5. The molecule has 4 rings (SSSR count). The molecular formula is C23H23N5. The second-order valence-corrected chi connectivity index (χ2v) is 7.22. The highest BCUT2D eigenvalue weighted by Gasteiger charge is 2.14. The van der Waals surface area contributed by atoms with Gasteiger partial charge in [-0.1, -0.05) is 31.2 Å². The van der Waals surface area contributed by atoms with E-state index in [0.29, 0.717) is 5.56 Å². The standard InChI is InChI=1S/C23H23N5/c1-4-5-21-26-22-16(2)10-11-25-23(22)28(21)13-17-6-8-18(9-7-17)20-15-27(3)14-19(20)12-24/h6-11,14-15H,4-5,13H2,1-3H3. The molecule has 4 aromatic rings. The lowest BCUT2D eigenvalue weighted by molar-refractivity contribution is 0.717. The van der Waals surface area contributed by atoms with E-state index in [0.717, 1.165) is 53.1 Å². The molecule has 0 saturated heterocycles. The normalized spacial score (nSPS) is 11.1. The summed E-state index contributed by atoms with van der Waals surface area (Å²) in [5, 5.41) is 9.34. The van der Waals surface area contributed by atoms with Crippen molar-refractivity contribution in [2.75, 3.05) is 0 Å². The van der Waals surface area contributed by atoms with Crippen LogP contribution in [0.4, 0.5) is 0 Å². The Balaban J connectivity index is 1.69. The number of rotatable bonds is 5. The zero-order chi connectivity index (χ0) is 19.7. The van der Waals surface area contributed by atoms with Crippen molar-refractivity contribution in [3.8, 4) is 17.2 Å². The Morgan fingerprint density at radius 1 is 1.11 bits per heavy atom. The van der Waals surface area contributed by atoms with Crippen LogP contribution in [0.2, 0.25) is 0 Å². The van der Waals surface area contributed by atoms with E-state index in [1.165, 1.54) is 5.56 Å². The summed E-state index contributed by atoms with van der Waals surface area (Å²) in [5.41, 5.74) is 7.00. The van der Waals surface area contributed by atoms with Gasteiger partial charge in [-0.25, -0.2) is 9.97 Å². The molecule has 0 aliphatic carbocycles. The summed E-state index contributed by atoms with van der Waals surface area (Å²) < 4.78 is 4.15. The maximum Gasteiger partial charge on any atom is 0.160 e. The predicted molar refractivity (Wildman–Crippen MR) is 111 cm³/mol. The van der Waals surface area contributed by atoms with Crippen LogP contribution in [0.3, 0.4) is 0 Å². The molecule has 0 atom stereocenters. The maximum atomic E-state index is 9.34. The van der Waals surface area contributed by atoms with Crippen LogP contribution in [0.25, 0.3) is 22.3 Å². The van der Waals surface area contributed by atoms with E-state index >= 15 is 0 Å². The Hall–Kier alpha value is -3.39. The van der Waals surface area contributed by atoms with Gasteiger partial charge in [-0.2, -0.15) is 5.26 Å². The average Bonchev–Trinajstić information content (AvgIpc) is 3.24. The molecule has 0 fully saturated rings. The molecule has 3 aromatic heterocycles. The summed E-state index contributed by atoms with van der Waals surface area (Å²) in [6, 6.07) is 12.7. The minimum Gasteiger partial charge on any atom is -0.355 e. The number of aromatic nitrogens is 4. The molecule has 5 heteroatoms. The van der Waals surface area contributed by atoms with Crippen molar-refractivity contribution in [3.63, 3.8) is 0 Å². The lowest BCUT2D eigenvalue weighted by atomic mass is 10.0. The van der Waals surface area contributed by atoms with Crippen LogP contribution in [-0.2, 0) is 20.0 Å². The first-order valence-electron chi connectivity index (χ1n) is 9.56. The van der Waals surface area contributed by atoms with Crippen LogP contribution >= 0.6 is 0 Å². The molecule has 0 aliphatic rings. The largest absolute Gasteiger partial charge is 0.355 e. The topological polar surface area (TPSA) is 59.4 Å². The average molecular weight is 369 g/mol. The molecule has 5 nitrogen and oxygen atoms in total. The molecule has 0 unspecified atom stereocenters. The quantitative estimate of drug-likeness (QED) is 0.516. The Morgan fingerprint density at radius 2 is 1.89 bits per heavy atom. The summed E-state index contributed by atoms with van der Waals surface area (Å²) in [6.45, 7) is 4.99. The van der Waals surface area contributed by atoms with Crippen molar-refractivity contribution in [2.45, 2.75) is 33.2 Å². The Kier molecular flexibility index (Phi) is 4.70. The fourth-order valence-corrected chi connectivity index (χ4v) is 3.64. The van der Waals surface area contributed by atoms with Gasteiger partial charge in [-0.15, -0.1) is 0 Å². The van der Waals surface area contributed by atoms with Crippen molar-refractivity contribution in [3.05, 3.63) is 71.4 Å². The molecule has 0 amide bonds. The molecule has 28 heavy (non-hydrogen) atoms. The van der Waals surface area contributed by atoms with Crippen molar-refractivity contribution in [1.82, 2.24) is 19.1 Å². The van der Waals surface area contributed by atoms with Gasteiger partial charge in [0.1, 0.15) is 17.4 Å². The number of fused-ring (bicyclic) bond motifs is 1. The SMILES string of the molecule is CCCc1nc2c(C)ccnc2n1Cc1ccc(-c2cn(C)cc2C#N)cc1. The molecule has 0 bridgehead atoms. The summed E-state index contributed by atoms with van der Waals surface area (Å²) in [5.74, 6) is 1.08. The molecule has 140 valence electrons. The number of aryl methyl sites for hydroxylation is 3. The van der Waals surface area contributed by atoms with Gasteiger partial charge in [0.25, 0.3) is 0 Å². The summed E-state index contributed by atoms with van der Waals surface area (Å²) in [4.78, 5) is 9.44. The van der Waals surface area contributed by atoms with Crippen LogP contribution in [0.5, 0.6) is 0 Å². The van der Waals surface area contributed by atoms with E-state index in [4.69, 9.17) is 4.98 Å². The molecular weight excluding hydrogens is 346 g/mol. The second-order valence-electron chi connectivity index (χ2n) is 7.22. The van der Waals surface area contributed by atoms with Gasteiger partial charge in [0, 0.05) is 37.6 Å². The van der Waals surface area contributed by atoms with Crippen LogP contribution in [-0.4, -0.2) is 19.1 Å². The Labute approximate surface area is 164 Å². The summed E-state index contributed by atoms with van der Waals surface area (Å²) >= 11 is 0. The highest BCUT2D eigenvalue weighted by Crippen LogP contribution is 2.25. The van der Waals surface area contributed by atoms with Gasteiger partial charge in [-0.05, 0) is 36.1 Å². The number of benzene rings is 1. The third kappa shape index (κ3) is 3.18. The monoisotopic (exact) mass is 369 g/mol. The van der Waals surface area contributed by atoms with Gasteiger partial charge < -0.3 is 9.13 Å². The van der Waals surface area contributed by atoms with Crippen molar-refractivity contribution < 1.29 is 0 Å². The maximum absolute atomic E-state index is 9.34. The number of hydrogen-bond acceptors (Lipinski definition) is 3. The van der Waals surface area contributed by atoms with E-state index in [1.807, 2.05) is 36.3 Å². The van der Waals surface area contributed by atoms with Crippen molar-refractivity contribution in [1.29, 1.82) is 5.26 Å². The first-order chi connectivity index (χ1) is 13.6. The van der Waals surface area contributed by atoms with Gasteiger partial charge in [0.2, 0.25) is 0 Å². The highest BCUT2D eigenvalue weighted by molar-refractivity contribution is 5.75.